The maximum absolute atomic E-state index is 2.60. The predicted molar refractivity (Wildman–Crippen MR) is 207 cm³/mol. The van der Waals surface area contributed by atoms with Gasteiger partial charge in [0.2, 0.25) is 0 Å². The fourth-order valence-corrected chi connectivity index (χ4v) is 11.5. The van der Waals surface area contributed by atoms with Gasteiger partial charge in [-0.25, -0.2) is 0 Å². The van der Waals surface area contributed by atoms with Crippen molar-refractivity contribution >= 4 is 72.3 Å². The molecule has 0 atom stereocenters. The molecule has 47 heavy (non-hydrogen) atoms. The van der Waals surface area contributed by atoms with E-state index in [2.05, 4.69) is 171 Å². The van der Waals surface area contributed by atoms with Gasteiger partial charge >= 0.3 is 0 Å². The average Bonchev–Trinajstić information content (AvgIpc) is 3.34. The lowest BCUT2D eigenvalue weighted by molar-refractivity contribution is 1.68. The maximum Gasteiger partial charge on any atom is -0.00260 e. The summed E-state index contributed by atoms with van der Waals surface area (Å²) in [6.45, 7) is 5.08. The van der Waals surface area contributed by atoms with Crippen LogP contribution in [0.4, 0.5) is 0 Å². The fourth-order valence-electron chi connectivity index (χ4n) is 8.49. The largest absolute Gasteiger partial charge is 0.172 e. The number of rotatable bonds is 2. The Hall–Kier alpha value is -5.50. The van der Waals surface area contributed by atoms with Gasteiger partial charge in [0.15, 0.2) is 0 Å². The molecule has 0 spiro atoms. The minimum Gasteiger partial charge on any atom is -0.172 e. The molecule has 0 saturated heterocycles. The fraction of sp³-hybridized carbons (Fsp3) is 0.0435. The van der Waals surface area contributed by atoms with Crippen LogP contribution in [0, 0.1) is 0 Å². The highest BCUT2D eigenvalue weighted by Gasteiger charge is 2.30. The quantitative estimate of drug-likeness (QED) is 0.135. The van der Waals surface area contributed by atoms with Crippen molar-refractivity contribution in [2.24, 2.45) is 0 Å². The Morgan fingerprint density at radius 3 is 1.38 bits per heavy atom. The molecule has 0 N–H and O–H groups in total. The summed E-state index contributed by atoms with van der Waals surface area (Å²) >= 11 is 0. The van der Waals surface area contributed by atoms with Gasteiger partial charge in [0.25, 0.3) is 0 Å². The van der Waals surface area contributed by atoms with E-state index < -0.39 is 8.07 Å². The summed E-state index contributed by atoms with van der Waals surface area (Å²) in [4.78, 5) is 0. The molecular weight excluding hydrogens is 581 g/mol. The van der Waals surface area contributed by atoms with Crippen molar-refractivity contribution in [1.82, 2.24) is 0 Å². The van der Waals surface area contributed by atoms with E-state index in [9.17, 15) is 0 Å². The minimum atomic E-state index is -1.98. The first kappa shape index (κ1) is 26.7. The van der Waals surface area contributed by atoms with Crippen molar-refractivity contribution in [2.45, 2.75) is 13.1 Å². The lowest BCUT2D eigenvalue weighted by Gasteiger charge is -2.32. The Morgan fingerprint density at radius 1 is 0.319 bits per heavy atom. The highest BCUT2D eigenvalue weighted by atomic mass is 28.3. The SMILES string of the molecule is C[Si-]1(C)c2cc3c(-c4ccc5ccccc5c4)c4ccccc4c(-c4ccc5ccccc5c4)c3cc2-c2c1ccc1ccccc21. The van der Waals surface area contributed by atoms with Gasteiger partial charge in [-0.3, -0.25) is 0 Å². The van der Waals surface area contributed by atoms with Crippen molar-refractivity contribution in [1.29, 1.82) is 0 Å². The van der Waals surface area contributed by atoms with Gasteiger partial charge in [0, 0.05) is 0 Å². The third-order valence-corrected chi connectivity index (χ3v) is 14.3. The van der Waals surface area contributed by atoms with E-state index in [1.165, 1.54) is 92.4 Å². The van der Waals surface area contributed by atoms with Crippen molar-refractivity contribution in [2.75, 3.05) is 0 Å². The Balaban J connectivity index is 1.40. The smallest absolute Gasteiger partial charge is 0.00260 e. The van der Waals surface area contributed by atoms with Crippen LogP contribution in [0.3, 0.4) is 0 Å². The number of fused-ring (bicyclic) bond motifs is 9. The molecule has 0 aromatic heterocycles. The zero-order valence-electron chi connectivity index (χ0n) is 26.5. The zero-order chi connectivity index (χ0) is 31.3. The van der Waals surface area contributed by atoms with Crippen LogP contribution in [-0.2, 0) is 0 Å². The van der Waals surface area contributed by atoms with Crippen LogP contribution in [0.1, 0.15) is 0 Å². The number of hydrogen-bond acceptors (Lipinski definition) is 0. The molecule has 0 aliphatic carbocycles. The molecular formula is C46H32Si-. The Bertz CT molecular complexity index is 2770. The van der Waals surface area contributed by atoms with Crippen LogP contribution in [0.5, 0.6) is 0 Å². The summed E-state index contributed by atoms with van der Waals surface area (Å²) in [6, 6.07) is 59.4. The normalized spacial score (nSPS) is 13.5. The summed E-state index contributed by atoms with van der Waals surface area (Å²) in [6.07, 6.45) is 0. The molecule has 9 aromatic carbocycles. The Morgan fingerprint density at radius 2 is 0.787 bits per heavy atom. The topological polar surface area (TPSA) is 0 Å². The van der Waals surface area contributed by atoms with E-state index in [1.54, 1.807) is 5.19 Å². The van der Waals surface area contributed by atoms with Crippen LogP contribution < -0.4 is 10.4 Å². The Labute approximate surface area is 275 Å². The van der Waals surface area contributed by atoms with Gasteiger partial charge in [-0.1, -0.05) is 153 Å². The molecule has 0 unspecified atom stereocenters. The van der Waals surface area contributed by atoms with Crippen molar-refractivity contribution in [3.05, 3.63) is 158 Å². The molecule has 221 valence electrons. The molecule has 0 amide bonds. The Kier molecular flexibility index (Phi) is 5.54. The third-order valence-electron chi connectivity index (χ3n) is 10.8. The first-order chi connectivity index (χ1) is 23.1. The molecule has 0 fully saturated rings. The van der Waals surface area contributed by atoms with Gasteiger partial charge in [-0.15, -0.1) is 0 Å². The zero-order valence-corrected chi connectivity index (χ0v) is 27.5. The molecule has 0 radical (unpaired) electrons. The second kappa shape index (κ2) is 9.75. The van der Waals surface area contributed by atoms with Crippen LogP contribution >= 0.6 is 0 Å². The molecule has 0 nitrogen and oxygen atoms in total. The first-order valence-electron chi connectivity index (χ1n) is 16.6. The molecule has 0 bridgehead atoms. The summed E-state index contributed by atoms with van der Waals surface area (Å²) in [5.74, 6) is 0. The summed E-state index contributed by atoms with van der Waals surface area (Å²) in [5.41, 5.74) is 8.06. The average molecular weight is 613 g/mol. The van der Waals surface area contributed by atoms with Crippen LogP contribution in [0.25, 0.3) is 87.2 Å². The van der Waals surface area contributed by atoms with E-state index in [4.69, 9.17) is 0 Å². The molecule has 1 heterocycles. The van der Waals surface area contributed by atoms with Gasteiger partial charge in [0.1, 0.15) is 0 Å². The lowest BCUT2D eigenvalue weighted by Crippen LogP contribution is -2.49. The van der Waals surface area contributed by atoms with Crippen LogP contribution in [0.15, 0.2) is 158 Å². The van der Waals surface area contributed by atoms with E-state index in [-0.39, 0.29) is 0 Å². The summed E-state index contributed by atoms with van der Waals surface area (Å²) in [5, 5.41) is 16.1. The second-order valence-corrected chi connectivity index (χ2v) is 18.0. The molecule has 1 aliphatic rings. The van der Waals surface area contributed by atoms with Gasteiger partial charge in [-0.2, -0.15) is 23.5 Å². The highest BCUT2D eigenvalue weighted by molar-refractivity contribution is 7.04. The highest BCUT2D eigenvalue weighted by Crippen LogP contribution is 2.47. The van der Waals surface area contributed by atoms with Gasteiger partial charge < -0.3 is 0 Å². The van der Waals surface area contributed by atoms with Crippen molar-refractivity contribution in [3.63, 3.8) is 0 Å². The molecule has 1 aliphatic heterocycles. The molecule has 0 saturated carbocycles. The predicted octanol–water partition coefficient (Wildman–Crippen LogP) is 11.6. The molecule has 1 heteroatoms. The summed E-state index contributed by atoms with van der Waals surface area (Å²) in [7, 11) is -1.98. The van der Waals surface area contributed by atoms with Crippen LogP contribution in [0.2, 0.25) is 13.1 Å². The van der Waals surface area contributed by atoms with Gasteiger partial charge in [0.05, 0.1) is 0 Å². The molecule has 9 aromatic rings. The van der Waals surface area contributed by atoms with Crippen molar-refractivity contribution < 1.29 is 0 Å². The molecule has 10 rings (SSSR count). The second-order valence-electron chi connectivity index (χ2n) is 13.7. The maximum atomic E-state index is 2.60. The monoisotopic (exact) mass is 612 g/mol. The first-order valence-corrected chi connectivity index (χ1v) is 19.6. The van der Waals surface area contributed by atoms with E-state index in [0.717, 1.165) is 0 Å². The number of benzene rings is 9. The standard InChI is InChI=1S/C46H32Si/c1-47(2)42-24-23-31-13-7-8-16-36(31)46(42)41-27-39-40(28-43(41)47)45(35-22-20-30-12-4-6-15-33(30)26-35)38-18-10-9-17-37(38)44(39)34-21-19-29-11-3-5-14-32(29)25-34/h3-28H,1-2H3/q-1. The third kappa shape index (κ3) is 3.81. The minimum absolute atomic E-state index is 1.27. The van der Waals surface area contributed by atoms with E-state index >= 15 is 0 Å². The van der Waals surface area contributed by atoms with Crippen molar-refractivity contribution in [3.8, 4) is 33.4 Å². The summed E-state index contributed by atoms with van der Waals surface area (Å²) < 4.78 is 0. The van der Waals surface area contributed by atoms with Crippen LogP contribution in [-0.4, -0.2) is 8.07 Å². The van der Waals surface area contributed by atoms with E-state index in [0.29, 0.717) is 0 Å². The number of hydrogen-bond donors (Lipinski definition) is 0. The van der Waals surface area contributed by atoms with E-state index in [1.807, 2.05) is 0 Å². The van der Waals surface area contributed by atoms with Gasteiger partial charge in [-0.05, 0) is 99.9 Å². The lowest BCUT2D eigenvalue weighted by atomic mass is 9.84.